The van der Waals surface area contributed by atoms with Gasteiger partial charge in [0.2, 0.25) is 0 Å². The number of carbonyl (C=O) groups excluding carboxylic acids is 1. The summed E-state index contributed by atoms with van der Waals surface area (Å²) in [5.41, 5.74) is 3.21. The molecule has 5 heteroatoms. The summed E-state index contributed by atoms with van der Waals surface area (Å²) in [5.74, 6) is -1.17. The lowest BCUT2D eigenvalue weighted by Gasteiger charge is -2.18. The van der Waals surface area contributed by atoms with Gasteiger partial charge in [0, 0.05) is 43.5 Å². The van der Waals surface area contributed by atoms with Crippen molar-refractivity contribution in [2.24, 2.45) is 0 Å². The summed E-state index contributed by atoms with van der Waals surface area (Å²) in [6, 6.07) is 18.3. The van der Waals surface area contributed by atoms with Crippen molar-refractivity contribution in [3.8, 4) is 0 Å². The first kappa shape index (κ1) is 19.0. The maximum absolute atomic E-state index is 11.1. The SMILES string of the molecule is CCOC(Cc1ccc(NCCCn2ccc3ccccc32)cc1)C(=O)[O-]. The van der Waals surface area contributed by atoms with E-state index in [1.807, 2.05) is 24.3 Å². The second-order valence-electron chi connectivity index (χ2n) is 6.51. The van der Waals surface area contributed by atoms with Crippen LogP contribution >= 0.6 is 0 Å². The smallest absolute Gasteiger partial charge is 0.101 e. The number of hydrogen-bond acceptors (Lipinski definition) is 4. The number of carboxylic acid groups (broad SMARTS) is 1. The number of aromatic nitrogens is 1. The zero-order chi connectivity index (χ0) is 19.1. The van der Waals surface area contributed by atoms with Crippen molar-refractivity contribution in [2.75, 3.05) is 18.5 Å². The molecule has 3 rings (SSSR count). The van der Waals surface area contributed by atoms with Crippen molar-refractivity contribution < 1.29 is 14.6 Å². The molecule has 0 amide bonds. The molecule has 0 saturated heterocycles. The predicted molar refractivity (Wildman–Crippen MR) is 106 cm³/mol. The Labute approximate surface area is 159 Å². The molecule has 142 valence electrons. The summed E-state index contributed by atoms with van der Waals surface area (Å²) in [6.07, 6.45) is 2.56. The van der Waals surface area contributed by atoms with Crippen LogP contribution in [0.1, 0.15) is 18.9 Å². The summed E-state index contributed by atoms with van der Waals surface area (Å²) in [7, 11) is 0. The number of anilines is 1. The fourth-order valence-electron chi connectivity index (χ4n) is 3.20. The van der Waals surface area contributed by atoms with E-state index in [-0.39, 0.29) is 0 Å². The lowest BCUT2D eigenvalue weighted by Crippen LogP contribution is -2.39. The molecular formula is C22H25N2O3-. The molecule has 27 heavy (non-hydrogen) atoms. The van der Waals surface area contributed by atoms with E-state index in [0.29, 0.717) is 13.0 Å². The topological polar surface area (TPSA) is 66.3 Å². The van der Waals surface area contributed by atoms with Crippen molar-refractivity contribution in [1.29, 1.82) is 0 Å². The highest BCUT2D eigenvalue weighted by Crippen LogP contribution is 2.16. The van der Waals surface area contributed by atoms with Crippen LogP contribution in [0.25, 0.3) is 10.9 Å². The van der Waals surface area contributed by atoms with Gasteiger partial charge in [-0.15, -0.1) is 0 Å². The molecule has 1 heterocycles. The maximum Gasteiger partial charge on any atom is 0.101 e. The van der Waals surface area contributed by atoms with Gasteiger partial charge in [-0.1, -0.05) is 30.3 Å². The van der Waals surface area contributed by atoms with Crippen LogP contribution in [0.15, 0.2) is 60.8 Å². The molecule has 0 radical (unpaired) electrons. The lowest BCUT2D eigenvalue weighted by atomic mass is 10.1. The van der Waals surface area contributed by atoms with Gasteiger partial charge in [-0.05, 0) is 48.6 Å². The largest absolute Gasteiger partial charge is 0.547 e. The van der Waals surface area contributed by atoms with Gasteiger partial charge in [-0.2, -0.15) is 0 Å². The molecule has 0 aliphatic carbocycles. The fourth-order valence-corrected chi connectivity index (χ4v) is 3.20. The lowest BCUT2D eigenvalue weighted by molar-refractivity contribution is -0.316. The zero-order valence-electron chi connectivity index (χ0n) is 15.6. The van der Waals surface area contributed by atoms with Gasteiger partial charge < -0.3 is 24.5 Å². The van der Waals surface area contributed by atoms with E-state index in [1.165, 1.54) is 10.9 Å². The average molecular weight is 365 g/mol. The molecule has 1 aromatic heterocycles. The third-order valence-electron chi connectivity index (χ3n) is 4.59. The molecular weight excluding hydrogens is 340 g/mol. The molecule has 0 aliphatic heterocycles. The third kappa shape index (κ3) is 5.11. The molecule has 1 N–H and O–H groups in total. The summed E-state index contributed by atoms with van der Waals surface area (Å²) in [6.45, 7) is 3.96. The number of para-hydroxylation sites is 1. The van der Waals surface area contributed by atoms with Crippen LogP contribution in [-0.2, 0) is 22.5 Å². The van der Waals surface area contributed by atoms with Crippen LogP contribution in [0.5, 0.6) is 0 Å². The summed E-state index contributed by atoms with van der Waals surface area (Å²) < 4.78 is 7.47. The molecule has 3 aromatic rings. The Bertz CT molecular complexity index is 871. The van der Waals surface area contributed by atoms with Gasteiger partial charge >= 0.3 is 0 Å². The Morgan fingerprint density at radius 3 is 2.67 bits per heavy atom. The normalized spacial score (nSPS) is 12.2. The van der Waals surface area contributed by atoms with Gasteiger partial charge in [0.25, 0.3) is 0 Å². The Balaban J connectivity index is 1.46. The molecule has 0 fully saturated rings. The number of fused-ring (bicyclic) bond motifs is 1. The van der Waals surface area contributed by atoms with Crippen molar-refractivity contribution in [1.82, 2.24) is 4.57 Å². The van der Waals surface area contributed by atoms with Crippen molar-refractivity contribution in [3.05, 3.63) is 66.4 Å². The number of rotatable bonds is 10. The second kappa shape index (κ2) is 9.24. The molecule has 1 atom stereocenters. The minimum Gasteiger partial charge on any atom is -0.547 e. The third-order valence-corrected chi connectivity index (χ3v) is 4.59. The molecule has 0 spiro atoms. The van der Waals surface area contributed by atoms with Crippen LogP contribution < -0.4 is 10.4 Å². The highest BCUT2D eigenvalue weighted by atomic mass is 16.5. The Morgan fingerprint density at radius 2 is 1.93 bits per heavy atom. The second-order valence-corrected chi connectivity index (χ2v) is 6.51. The van der Waals surface area contributed by atoms with Crippen molar-refractivity contribution >= 4 is 22.6 Å². The highest BCUT2D eigenvalue weighted by molar-refractivity contribution is 5.79. The van der Waals surface area contributed by atoms with Crippen LogP contribution in [-0.4, -0.2) is 29.8 Å². The molecule has 0 aliphatic rings. The number of hydrogen-bond donors (Lipinski definition) is 1. The van der Waals surface area contributed by atoms with E-state index >= 15 is 0 Å². The minimum absolute atomic E-state index is 0.317. The van der Waals surface area contributed by atoms with Crippen LogP contribution in [0.4, 0.5) is 5.69 Å². The first-order chi connectivity index (χ1) is 13.2. The molecule has 2 aromatic carbocycles. The molecule has 1 unspecified atom stereocenters. The summed E-state index contributed by atoms with van der Waals surface area (Å²) in [4.78, 5) is 11.1. The van der Waals surface area contributed by atoms with Gasteiger partial charge in [0.05, 0.1) is 5.97 Å². The van der Waals surface area contributed by atoms with Crippen LogP contribution in [0.2, 0.25) is 0 Å². The molecule has 5 nitrogen and oxygen atoms in total. The van der Waals surface area contributed by atoms with E-state index in [0.717, 1.165) is 30.8 Å². The van der Waals surface area contributed by atoms with E-state index in [4.69, 9.17) is 4.74 Å². The van der Waals surface area contributed by atoms with E-state index in [2.05, 4.69) is 46.4 Å². The van der Waals surface area contributed by atoms with Crippen LogP contribution in [0.3, 0.4) is 0 Å². The number of aryl methyl sites for hydroxylation is 1. The fraction of sp³-hybridized carbons (Fsp3) is 0.318. The van der Waals surface area contributed by atoms with Gasteiger partial charge in [0.1, 0.15) is 6.10 Å². The Kier molecular flexibility index (Phi) is 6.49. The van der Waals surface area contributed by atoms with E-state index < -0.39 is 12.1 Å². The van der Waals surface area contributed by atoms with E-state index in [1.54, 1.807) is 6.92 Å². The average Bonchev–Trinajstić information content (AvgIpc) is 3.09. The van der Waals surface area contributed by atoms with Gasteiger partial charge in [0.15, 0.2) is 0 Å². The van der Waals surface area contributed by atoms with Gasteiger partial charge in [-0.25, -0.2) is 0 Å². The number of carboxylic acids is 1. The zero-order valence-corrected chi connectivity index (χ0v) is 15.6. The highest BCUT2D eigenvalue weighted by Gasteiger charge is 2.10. The monoisotopic (exact) mass is 365 g/mol. The number of carbonyl (C=O) groups is 1. The van der Waals surface area contributed by atoms with Crippen LogP contribution in [0, 0.1) is 0 Å². The number of ether oxygens (including phenoxy) is 1. The Morgan fingerprint density at radius 1 is 1.15 bits per heavy atom. The number of benzene rings is 2. The van der Waals surface area contributed by atoms with Crippen molar-refractivity contribution in [3.63, 3.8) is 0 Å². The van der Waals surface area contributed by atoms with Gasteiger partial charge in [-0.3, -0.25) is 0 Å². The maximum atomic E-state index is 11.1. The quantitative estimate of drug-likeness (QED) is 0.561. The number of nitrogens with zero attached hydrogens (tertiary/aromatic N) is 1. The number of nitrogens with one attached hydrogen (secondary N) is 1. The Hall–Kier alpha value is -2.79. The predicted octanol–water partition coefficient (Wildman–Crippen LogP) is 2.84. The summed E-state index contributed by atoms with van der Waals surface area (Å²) in [5, 5.41) is 15.7. The number of aliphatic carboxylic acids is 1. The first-order valence-corrected chi connectivity index (χ1v) is 9.36. The summed E-state index contributed by atoms with van der Waals surface area (Å²) >= 11 is 0. The standard InChI is InChI=1S/C22H26N2O3/c1-2-27-21(22(25)26)16-17-8-10-19(11-9-17)23-13-5-14-24-15-12-18-6-3-4-7-20(18)24/h3-4,6-12,15,21,23H,2,5,13-14,16H2,1H3,(H,25,26)/p-1. The first-order valence-electron chi connectivity index (χ1n) is 9.36. The van der Waals surface area contributed by atoms with E-state index in [9.17, 15) is 9.90 Å². The molecule has 0 bridgehead atoms. The van der Waals surface area contributed by atoms with Crippen molar-refractivity contribution in [2.45, 2.75) is 32.4 Å². The molecule has 0 saturated carbocycles. The minimum atomic E-state index is -1.17.